The van der Waals surface area contributed by atoms with Gasteiger partial charge >= 0.3 is 0 Å². The molecule has 7 aromatic rings. The van der Waals surface area contributed by atoms with Crippen LogP contribution in [-0.2, 0) is 26.5 Å². The molecule has 4 nitrogen and oxygen atoms in total. The van der Waals surface area contributed by atoms with Crippen LogP contribution in [0.25, 0.3) is 44.6 Å². The third-order valence-electron chi connectivity index (χ3n) is 7.87. The number of benzene rings is 3. The summed E-state index contributed by atoms with van der Waals surface area (Å²) in [6.07, 6.45) is 6.71. The van der Waals surface area contributed by atoms with Gasteiger partial charge < -0.3 is 14.4 Å². The van der Waals surface area contributed by atoms with Crippen LogP contribution < -0.4 is 0 Å². The van der Waals surface area contributed by atoms with Crippen molar-refractivity contribution in [2.45, 2.75) is 45.9 Å². The molecule has 0 spiro atoms. The second-order valence-corrected chi connectivity index (χ2v) is 10.7. The molecule has 0 aliphatic carbocycles. The Morgan fingerprint density at radius 1 is 0.756 bits per heavy atom. The van der Waals surface area contributed by atoms with Gasteiger partial charge in [0.2, 0.25) is 5.71 Å². The van der Waals surface area contributed by atoms with Crippen LogP contribution in [0.2, 0.25) is 0 Å². The summed E-state index contributed by atoms with van der Waals surface area (Å²) >= 11 is 0. The molecule has 1 radical (unpaired) electrons. The van der Waals surface area contributed by atoms with Gasteiger partial charge in [-0.2, -0.15) is 0 Å². The number of fused-ring (bicyclic) bond motifs is 3. The van der Waals surface area contributed by atoms with Crippen molar-refractivity contribution in [2.75, 3.05) is 0 Å². The zero-order valence-corrected chi connectivity index (χ0v) is 27.6. The van der Waals surface area contributed by atoms with Gasteiger partial charge in [-0.15, -0.1) is 54.1 Å². The normalized spacial score (nSPS) is 12.1. The minimum atomic E-state index is -2.29. The molecular weight excluding hydrogens is 731 g/mol. The molecule has 4 aromatic heterocycles. The maximum absolute atomic E-state index is 7.64. The number of hydrogen-bond donors (Lipinski definition) is 0. The first-order valence-corrected chi connectivity index (χ1v) is 15.0. The van der Waals surface area contributed by atoms with E-state index >= 15 is 0 Å². The van der Waals surface area contributed by atoms with Gasteiger partial charge in [-0.25, -0.2) is 4.98 Å². The van der Waals surface area contributed by atoms with Gasteiger partial charge in [-0.3, -0.25) is 0 Å². The molecule has 0 unspecified atom stereocenters. The monoisotopic (exact) mass is 769 g/mol. The summed E-state index contributed by atoms with van der Waals surface area (Å²) in [5.41, 5.74) is 8.24. The summed E-state index contributed by atoms with van der Waals surface area (Å²) in [5, 5.41) is 1.64. The second kappa shape index (κ2) is 15.0. The Morgan fingerprint density at radius 2 is 1.58 bits per heavy atom. The van der Waals surface area contributed by atoms with Crippen molar-refractivity contribution >= 4 is 22.1 Å². The van der Waals surface area contributed by atoms with Gasteiger partial charge in [0.1, 0.15) is 0 Å². The molecule has 0 atom stereocenters. The average Bonchev–Trinajstić information content (AvgIpc) is 3.49. The first-order chi connectivity index (χ1) is 22.8. The molecule has 45 heavy (non-hydrogen) atoms. The number of hydrogen-bond acceptors (Lipinski definition) is 4. The van der Waals surface area contributed by atoms with Crippen molar-refractivity contribution in [1.29, 1.82) is 0 Å². The van der Waals surface area contributed by atoms with E-state index in [1.165, 1.54) is 17.2 Å². The molecule has 227 valence electrons. The summed E-state index contributed by atoms with van der Waals surface area (Å²) < 4.78 is 29.0. The van der Waals surface area contributed by atoms with Gasteiger partial charge in [0, 0.05) is 47.7 Å². The molecule has 4 heterocycles. The Bertz CT molecular complexity index is 2040. The van der Waals surface area contributed by atoms with Crippen molar-refractivity contribution < 1.29 is 28.6 Å². The SMILES string of the molecule is [2H]C([2H])([2H])c1ccc2c(n1)oc1c(-c3cc(Cc4ccc(C(CC)CC)cc4)ccn3)[c-]ccc12.[Ir].[c-]1ccccc1-c1ccccn1. The molecule has 7 rings (SSSR count). The summed E-state index contributed by atoms with van der Waals surface area (Å²) in [7, 11) is 0. The minimum absolute atomic E-state index is 0. The van der Waals surface area contributed by atoms with Crippen molar-refractivity contribution in [2.24, 2.45) is 0 Å². The molecule has 0 amide bonds. The molecule has 0 bridgehead atoms. The fourth-order valence-corrected chi connectivity index (χ4v) is 5.51. The molecule has 3 aromatic carbocycles. The van der Waals surface area contributed by atoms with Gasteiger partial charge in [0.25, 0.3) is 0 Å². The van der Waals surface area contributed by atoms with Crippen LogP contribution in [0.1, 0.15) is 59.1 Å². The van der Waals surface area contributed by atoms with Crippen LogP contribution in [0.5, 0.6) is 0 Å². The van der Waals surface area contributed by atoms with Crippen molar-refractivity contribution in [3.05, 3.63) is 150 Å². The molecule has 0 N–H and O–H groups in total. The van der Waals surface area contributed by atoms with Crippen molar-refractivity contribution in [3.8, 4) is 22.5 Å². The predicted molar refractivity (Wildman–Crippen MR) is 179 cm³/mol. The van der Waals surface area contributed by atoms with Gasteiger partial charge in [-0.1, -0.05) is 67.3 Å². The summed E-state index contributed by atoms with van der Waals surface area (Å²) in [6, 6.07) is 40.1. The van der Waals surface area contributed by atoms with Crippen molar-refractivity contribution in [3.63, 3.8) is 0 Å². The van der Waals surface area contributed by atoms with E-state index in [4.69, 9.17) is 8.53 Å². The Hall–Kier alpha value is -4.44. The Labute approximate surface area is 283 Å². The molecule has 0 aliphatic rings. The molecule has 0 fully saturated rings. The molecule has 0 aliphatic heterocycles. The summed E-state index contributed by atoms with van der Waals surface area (Å²) in [5.74, 6) is 0.613. The first kappa shape index (κ1) is 28.1. The standard InChI is InChI=1S/C29H27N2O.C11H8N.Ir/c1-4-22(5-2)23-12-10-20(11-13-23)17-21-15-16-30-27(18-21)26-8-6-7-24-25-14-9-19(3)31-29(25)32-28(24)26;1-2-6-10(7-3-1)11-8-4-5-9-12-11;/h6-7,9-16,18,22H,4-5,17H2,1-3H3;1-6,8-9H;/q2*-1;/i3D3;;. The number of rotatable bonds is 7. The van der Waals surface area contributed by atoms with Crippen LogP contribution in [-0.4, -0.2) is 15.0 Å². The van der Waals surface area contributed by atoms with Gasteiger partial charge in [0.15, 0.2) is 0 Å². The maximum Gasteiger partial charge on any atom is 0.216 e. The Morgan fingerprint density at radius 3 is 2.31 bits per heavy atom. The van der Waals surface area contributed by atoms with E-state index in [1.54, 1.807) is 12.3 Å². The van der Waals surface area contributed by atoms with Crippen LogP contribution in [0.4, 0.5) is 0 Å². The zero-order valence-electron chi connectivity index (χ0n) is 28.3. The van der Waals surface area contributed by atoms with Gasteiger partial charge in [0.05, 0.1) is 5.58 Å². The number of pyridine rings is 3. The van der Waals surface area contributed by atoms with Crippen LogP contribution in [0.15, 0.2) is 120 Å². The zero-order chi connectivity index (χ0) is 32.8. The van der Waals surface area contributed by atoms with E-state index in [0.717, 1.165) is 58.1 Å². The van der Waals surface area contributed by atoms with E-state index in [2.05, 4.69) is 71.3 Å². The third kappa shape index (κ3) is 7.45. The number of furan rings is 1. The van der Waals surface area contributed by atoms with Crippen LogP contribution in [0, 0.1) is 19.0 Å². The van der Waals surface area contributed by atoms with Crippen molar-refractivity contribution in [1.82, 2.24) is 15.0 Å². The van der Waals surface area contributed by atoms with Crippen LogP contribution in [0.3, 0.4) is 0 Å². The Balaban J connectivity index is 0.000000291. The molecule has 0 saturated heterocycles. The quantitative estimate of drug-likeness (QED) is 0.152. The maximum atomic E-state index is 7.64. The first-order valence-electron chi connectivity index (χ1n) is 16.5. The largest absolute Gasteiger partial charge is 0.486 e. The average molecular weight is 769 g/mol. The third-order valence-corrected chi connectivity index (χ3v) is 7.87. The van der Waals surface area contributed by atoms with E-state index in [1.807, 2.05) is 66.9 Å². The van der Waals surface area contributed by atoms with E-state index in [0.29, 0.717) is 17.2 Å². The topological polar surface area (TPSA) is 51.8 Å². The van der Waals surface area contributed by atoms with E-state index < -0.39 is 6.85 Å². The number of nitrogens with zero attached hydrogens (tertiary/aromatic N) is 3. The number of aryl methyl sites for hydroxylation is 1. The molecule has 0 saturated carbocycles. The summed E-state index contributed by atoms with van der Waals surface area (Å²) in [6.45, 7) is 2.19. The smallest absolute Gasteiger partial charge is 0.216 e. The summed E-state index contributed by atoms with van der Waals surface area (Å²) in [4.78, 5) is 13.1. The van der Waals surface area contributed by atoms with E-state index in [-0.39, 0.29) is 25.8 Å². The van der Waals surface area contributed by atoms with Gasteiger partial charge in [-0.05, 0) is 84.4 Å². The molecular formula is C40H35IrN3O-2. The number of aromatic nitrogens is 3. The van der Waals surface area contributed by atoms with Crippen LogP contribution >= 0.6 is 0 Å². The molecule has 5 heteroatoms. The Kier molecular flexibility index (Phi) is 9.37. The fraction of sp³-hybridized carbons (Fsp3) is 0.175. The predicted octanol–water partition coefficient (Wildman–Crippen LogP) is 10.2. The van der Waals surface area contributed by atoms with E-state index in [9.17, 15) is 0 Å². The second-order valence-electron chi connectivity index (χ2n) is 10.7. The minimum Gasteiger partial charge on any atom is -0.486 e. The fourth-order valence-electron chi connectivity index (χ4n) is 5.51.